The Morgan fingerprint density at radius 2 is 1.19 bits per heavy atom. The van der Waals surface area contributed by atoms with Crippen molar-refractivity contribution in [1.82, 2.24) is 0 Å². The van der Waals surface area contributed by atoms with Crippen LogP contribution in [-0.4, -0.2) is 26.2 Å². The van der Waals surface area contributed by atoms with E-state index in [1.165, 1.54) is 30.6 Å². The molecule has 2 N–H and O–H groups in total. The van der Waals surface area contributed by atoms with Gasteiger partial charge in [0.2, 0.25) is 0 Å². The molecule has 2 aliphatic rings. The summed E-state index contributed by atoms with van der Waals surface area (Å²) in [5.74, 6) is 0. The molecule has 21 heavy (non-hydrogen) atoms. The van der Waals surface area contributed by atoms with E-state index < -0.39 is 0 Å². The van der Waals surface area contributed by atoms with E-state index in [1.807, 2.05) is 0 Å². The van der Waals surface area contributed by atoms with Crippen molar-refractivity contribution in [2.75, 3.05) is 14.1 Å². The van der Waals surface area contributed by atoms with Gasteiger partial charge in [0.05, 0.1) is 20.5 Å². The quantitative estimate of drug-likeness (QED) is 0.809. The first kappa shape index (κ1) is 13.1. The van der Waals surface area contributed by atoms with Gasteiger partial charge in [0, 0.05) is 24.0 Å². The number of quaternary nitrogens is 2. The van der Waals surface area contributed by atoms with Gasteiger partial charge in [-0.05, 0) is 12.1 Å². The fourth-order valence-electron chi connectivity index (χ4n) is 4.31. The second-order valence-electron chi connectivity index (χ2n) is 6.72. The molecule has 0 saturated carbocycles. The molecule has 0 radical (unpaired) electrons. The Morgan fingerprint density at radius 1 is 0.762 bits per heavy atom. The molecule has 4 atom stereocenters. The van der Waals surface area contributed by atoms with Gasteiger partial charge in [-0.2, -0.15) is 0 Å². The molecule has 2 heteroatoms. The largest absolute Gasteiger partial charge is 0.302 e. The lowest BCUT2D eigenvalue weighted by molar-refractivity contribution is -0.858. The van der Waals surface area contributed by atoms with Crippen LogP contribution in [0.3, 0.4) is 0 Å². The average Bonchev–Trinajstić information content (AvgIpc) is 2.99. The summed E-state index contributed by atoms with van der Waals surface area (Å²) in [4.78, 5) is 3.21. The van der Waals surface area contributed by atoms with Gasteiger partial charge in [0.25, 0.3) is 0 Å². The summed E-state index contributed by atoms with van der Waals surface area (Å²) in [5, 5.41) is 0. The number of benzene rings is 2. The molecular formula is C19H24N2+2. The molecule has 0 aliphatic carbocycles. The predicted molar refractivity (Wildman–Crippen MR) is 85.6 cm³/mol. The predicted octanol–water partition coefficient (Wildman–Crippen LogP) is 0.919. The fraction of sp³-hybridized carbons (Fsp3) is 0.368. The van der Waals surface area contributed by atoms with Crippen LogP contribution in [-0.2, 0) is 12.8 Å². The molecule has 2 aliphatic heterocycles. The monoisotopic (exact) mass is 280 g/mol. The molecular weight excluding hydrogens is 256 g/mol. The van der Waals surface area contributed by atoms with Gasteiger partial charge in [-0.15, -0.1) is 0 Å². The van der Waals surface area contributed by atoms with Crippen LogP contribution in [0.2, 0.25) is 0 Å². The minimum absolute atomic E-state index is 0.733. The number of rotatable bonds is 2. The highest BCUT2D eigenvalue weighted by molar-refractivity contribution is 5.44. The number of fused-ring (bicyclic) bond motifs is 2. The van der Waals surface area contributed by atoms with Gasteiger partial charge in [-0.1, -0.05) is 36.4 Å². The minimum Gasteiger partial charge on any atom is -0.302 e. The van der Waals surface area contributed by atoms with Crippen molar-refractivity contribution < 1.29 is 9.80 Å². The zero-order valence-corrected chi connectivity index (χ0v) is 12.9. The third-order valence-corrected chi connectivity index (χ3v) is 5.61. The molecule has 2 nitrogen and oxygen atoms in total. The summed E-state index contributed by atoms with van der Waals surface area (Å²) in [5.41, 5.74) is 6.12. The molecule has 108 valence electrons. The van der Waals surface area contributed by atoms with Crippen LogP contribution in [0.1, 0.15) is 17.5 Å². The highest BCUT2D eigenvalue weighted by Gasteiger charge is 2.39. The van der Waals surface area contributed by atoms with Crippen molar-refractivity contribution in [3.05, 3.63) is 59.7 Å². The van der Waals surface area contributed by atoms with Crippen LogP contribution in [0.5, 0.6) is 0 Å². The Kier molecular flexibility index (Phi) is 3.09. The van der Waals surface area contributed by atoms with E-state index in [9.17, 15) is 0 Å². The molecule has 4 unspecified atom stereocenters. The van der Waals surface area contributed by atoms with Crippen LogP contribution >= 0.6 is 0 Å². The lowest BCUT2D eigenvalue weighted by Gasteiger charge is -2.23. The van der Waals surface area contributed by atoms with Crippen molar-refractivity contribution in [2.45, 2.75) is 31.3 Å². The number of likely N-dealkylation sites (N-methyl/N-ethyl adjacent to an activating group) is 2. The van der Waals surface area contributed by atoms with Crippen molar-refractivity contribution in [3.8, 4) is 0 Å². The van der Waals surface area contributed by atoms with Crippen LogP contribution in [0.15, 0.2) is 48.5 Å². The van der Waals surface area contributed by atoms with Gasteiger partial charge in [0.1, 0.15) is 23.5 Å². The maximum Gasteiger partial charge on any atom is 0.134 e. The van der Waals surface area contributed by atoms with Crippen molar-refractivity contribution in [1.29, 1.82) is 0 Å². The lowest BCUT2D eigenvalue weighted by Crippen LogP contribution is -3.11. The number of nitrogens with one attached hydrogen (secondary N) is 2. The second kappa shape index (κ2) is 4.97. The summed E-state index contributed by atoms with van der Waals surface area (Å²) in [6.07, 6.45) is 3.78. The average molecular weight is 280 g/mol. The molecule has 4 rings (SSSR count). The first-order valence-electron chi connectivity index (χ1n) is 8.07. The molecule has 0 saturated heterocycles. The van der Waals surface area contributed by atoms with E-state index in [4.69, 9.17) is 0 Å². The van der Waals surface area contributed by atoms with Crippen LogP contribution in [0, 0.1) is 0 Å². The summed E-state index contributed by atoms with van der Waals surface area (Å²) in [7, 11) is 4.68. The number of para-hydroxylation sites is 2. The maximum atomic E-state index is 2.34. The van der Waals surface area contributed by atoms with E-state index in [-0.39, 0.29) is 0 Å². The Hall–Kier alpha value is -1.64. The third-order valence-electron chi connectivity index (χ3n) is 5.61. The van der Waals surface area contributed by atoms with E-state index in [2.05, 4.69) is 62.6 Å². The normalized spacial score (nSPS) is 30.2. The standard InChI is InChI=1S/C19H22N2/c1-20-16(11-14-7-3-5-9-18(14)20)13-17-12-15-8-4-6-10-19(15)21(17)2/h3-10,16-17H,11-13H2,1-2H3/p+2. The minimum atomic E-state index is 0.733. The molecule has 2 heterocycles. The Balaban J connectivity index is 1.52. The van der Waals surface area contributed by atoms with Gasteiger partial charge >= 0.3 is 0 Å². The third kappa shape index (κ3) is 2.10. The van der Waals surface area contributed by atoms with Gasteiger partial charge in [0.15, 0.2) is 0 Å². The van der Waals surface area contributed by atoms with Crippen LogP contribution in [0.4, 0.5) is 11.4 Å². The molecule has 0 fully saturated rings. The van der Waals surface area contributed by atoms with Crippen LogP contribution in [0.25, 0.3) is 0 Å². The molecule has 0 spiro atoms. The maximum absolute atomic E-state index is 2.34. The first-order valence-corrected chi connectivity index (χ1v) is 8.07. The number of hydrogen-bond donors (Lipinski definition) is 2. The molecule has 0 aromatic heterocycles. The van der Waals surface area contributed by atoms with E-state index in [0.29, 0.717) is 0 Å². The second-order valence-corrected chi connectivity index (χ2v) is 6.72. The zero-order chi connectivity index (χ0) is 14.4. The van der Waals surface area contributed by atoms with Gasteiger partial charge in [-0.3, -0.25) is 0 Å². The molecule has 2 aromatic carbocycles. The zero-order valence-electron chi connectivity index (χ0n) is 12.9. The lowest BCUT2D eigenvalue weighted by atomic mass is 10.00. The molecule has 2 aromatic rings. The van der Waals surface area contributed by atoms with Gasteiger partial charge < -0.3 is 9.80 Å². The molecule has 0 amide bonds. The van der Waals surface area contributed by atoms with Crippen molar-refractivity contribution in [2.24, 2.45) is 0 Å². The van der Waals surface area contributed by atoms with Crippen molar-refractivity contribution in [3.63, 3.8) is 0 Å². The Bertz CT molecular complexity index is 607. The Morgan fingerprint density at radius 3 is 1.62 bits per heavy atom. The van der Waals surface area contributed by atoms with Crippen LogP contribution < -0.4 is 9.80 Å². The van der Waals surface area contributed by atoms with Gasteiger partial charge in [-0.25, -0.2) is 0 Å². The SMILES string of the molecule is C[NH+]1c2ccccc2CC1CC1Cc2ccccc2[NH+]1C. The highest BCUT2D eigenvalue weighted by atomic mass is 15.2. The highest BCUT2D eigenvalue weighted by Crippen LogP contribution is 2.24. The summed E-state index contributed by atoms with van der Waals surface area (Å²) in [6, 6.07) is 19.4. The fourth-order valence-corrected chi connectivity index (χ4v) is 4.31. The summed E-state index contributed by atoms with van der Waals surface area (Å²) < 4.78 is 0. The number of hydrogen-bond acceptors (Lipinski definition) is 0. The van der Waals surface area contributed by atoms with E-state index in [1.54, 1.807) is 20.9 Å². The first-order chi connectivity index (χ1) is 10.2. The summed E-state index contributed by atoms with van der Waals surface area (Å²) >= 11 is 0. The molecule has 0 bridgehead atoms. The van der Waals surface area contributed by atoms with E-state index in [0.717, 1.165) is 12.1 Å². The van der Waals surface area contributed by atoms with E-state index >= 15 is 0 Å². The Labute approximate surface area is 127 Å². The summed E-state index contributed by atoms with van der Waals surface area (Å²) in [6.45, 7) is 0. The topological polar surface area (TPSA) is 8.88 Å². The van der Waals surface area contributed by atoms with Crippen molar-refractivity contribution >= 4 is 11.4 Å². The smallest absolute Gasteiger partial charge is 0.134 e.